The van der Waals surface area contributed by atoms with Gasteiger partial charge in [-0.1, -0.05) is 30.3 Å². The molecule has 0 saturated heterocycles. The quantitative estimate of drug-likeness (QED) is 0.818. The number of hydrogen-bond donors (Lipinski definition) is 1. The topological polar surface area (TPSA) is 12.0 Å². The van der Waals surface area contributed by atoms with Gasteiger partial charge in [-0.3, -0.25) is 0 Å². The van der Waals surface area contributed by atoms with E-state index in [4.69, 9.17) is 0 Å². The average molecular weight is 263 g/mol. The van der Waals surface area contributed by atoms with E-state index in [9.17, 15) is 13.2 Å². The second kappa shape index (κ2) is 4.30. The highest BCUT2D eigenvalue weighted by molar-refractivity contribution is 5.52. The molecule has 2 aromatic carbocycles. The predicted molar refractivity (Wildman–Crippen MR) is 67.3 cm³/mol. The molecule has 0 amide bonds. The Morgan fingerprint density at radius 2 is 1.53 bits per heavy atom. The maximum Gasteiger partial charge on any atom is 0.196 e. The summed E-state index contributed by atoms with van der Waals surface area (Å²) in [4.78, 5) is 0. The highest BCUT2D eigenvalue weighted by atomic mass is 19.2. The van der Waals surface area contributed by atoms with Crippen LogP contribution in [-0.2, 0) is 5.54 Å². The first-order chi connectivity index (χ1) is 9.12. The fraction of sp³-hybridized carbons (Fsp3) is 0.200. The molecule has 1 aliphatic carbocycles. The summed E-state index contributed by atoms with van der Waals surface area (Å²) in [5, 5.41) is 3.00. The summed E-state index contributed by atoms with van der Waals surface area (Å²) < 4.78 is 39.7. The van der Waals surface area contributed by atoms with Gasteiger partial charge >= 0.3 is 0 Å². The Hall–Kier alpha value is -1.97. The van der Waals surface area contributed by atoms with Gasteiger partial charge in [0.2, 0.25) is 0 Å². The summed E-state index contributed by atoms with van der Waals surface area (Å²) in [7, 11) is 0. The van der Waals surface area contributed by atoms with Gasteiger partial charge in [-0.05, 0) is 30.5 Å². The van der Waals surface area contributed by atoms with Crippen LogP contribution in [-0.4, -0.2) is 0 Å². The van der Waals surface area contributed by atoms with Crippen LogP contribution in [0.15, 0.2) is 42.5 Å². The lowest BCUT2D eigenvalue weighted by molar-refractivity contribution is 0.448. The number of anilines is 1. The molecule has 98 valence electrons. The lowest BCUT2D eigenvalue weighted by atomic mass is 10.0. The highest BCUT2D eigenvalue weighted by Crippen LogP contribution is 2.48. The van der Waals surface area contributed by atoms with Crippen molar-refractivity contribution in [2.45, 2.75) is 18.4 Å². The van der Waals surface area contributed by atoms with E-state index in [2.05, 4.69) is 5.32 Å². The van der Waals surface area contributed by atoms with Crippen LogP contribution in [0.1, 0.15) is 18.4 Å². The van der Waals surface area contributed by atoms with E-state index in [0.29, 0.717) is 0 Å². The van der Waals surface area contributed by atoms with Gasteiger partial charge in [0, 0.05) is 0 Å². The third kappa shape index (κ3) is 2.07. The summed E-state index contributed by atoms with van der Waals surface area (Å²) in [5.74, 6) is -3.77. The standard InChI is InChI=1S/C15H12F3N/c16-11-6-7-12(14(18)13(11)17)19-15(8-9-15)10-4-2-1-3-5-10/h1-7,19H,8-9H2. The number of halogens is 3. The lowest BCUT2D eigenvalue weighted by Gasteiger charge is -2.20. The summed E-state index contributed by atoms with van der Waals surface area (Å²) in [6.07, 6.45) is 1.69. The molecule has 1 aliphatic rings. The third-order valence-corrected chi connectivity index (χ3v) is 3.49. The summed E-state index contributed by atoms with van der Waals surface area (Å²) in [6.45, 7) is 0. The molecule has 0 radical (unpaired) electrons. The Morgan fingerprint density at radius 3 is 2.16 bits per heavy atom. The fourth-order valence-electron chi connectivity index (χ4n) is 2.25. The largest absolute Gasteiger partial charge is 0.373 e. The zero-order valence-electron chi connectivity index (χ0n) is 10.1. The minimum Gasteiger partial charge on any atom is -0.373 e. The Bertz CT molecular complexity index is 606. The van der Waals surface area contributed by atoms with Gasteiger partial charge in [-0.15, -0.1) is 0 Å². The van der Waals surface area contributed by atoms with Crippen molar-refractivity contribution in [2.75, 3.05) is 5.32 Å². The highest BCUT2D eigenvalue weighted by Gasteiger charge is 2.44. The van der Waals surface area contributed by atoms with Gasteiger partial charge in [-0.25, -0.2) is 13.2 Å². The van der Waals surface area contributed by atoms with E-state index in [1.165, 1.54) is 6.07 Å². The molecule has 4 heteroatoms. The van der Waals surface area contributed by atoms with Crippen LogP contribution in [0.2, 0.25) is 0 Å². The van der Waals surface area contributed by atoms with Crippen molar-refractivity contribution in [3.8, 4) is 0 Å². The van der Waals surface area contributed by atoms with Gasteiger partial charge in [-0.2, -0.15) is 0 Å². The van der Waals surface area contributed by atoms with Gasteiger partial charge < -0.3 is 5.32 Å². The van der Waals surface area contributed by atoms with Crippen LogP contribution in [0.4, 0.5) is 18.9 Å². The Kier molecular flexibility index (Phi) is 2.73. The normalized spacial score (nSPS) is 16.2. The molecule has 19 heavy (non-hydrogen) atoms. The summed E-state index contributed by atoms with van der Waals surface area (Å²) in [6, 6.07) is 11.8. The Morgan fingerprint density at radius 1 is 0.842 bits per heavy atom. The van der Waals surface area contributed by atoms with E-state index in [-0.39, 0.29) is 11.2 Å². The van der Waals surface area contributed by atoms with Crippen LogP contribution >= 0.6 is 0 Å². The molecule has 0 heterocycles. The maximum absolute atomic E-state index is 13.7. The monoisotopic (exact) mass is 263 g/mol. The molecule has 0 unspecified atom stereocenters. The molecule has 0 atom stereocenters. The molecule has 1 saturated carbocycles. The SMILES string of the molecule is Fc1ccc(NC2(c3ccccc3)CC2)c(F)c1F. The zero-order chi connectivity index (χ0) is 13.5. The van der Waals surface area contributed by atoms with Crippen molar-refractivity contribution in [3.05, 3.63) is 65.5 Å². The second-order valence-corrected chi connectivity index (χ2v) is 4.80. The molecule has 0 spiro atoms. The van der Waals surface area contributed by atoms with Crippen molar-refractivity contribution >= 4 is 5.69 Å². The summed E-state index contributed by atoms with van der Waals surface area (Å²) in [5.41, 5.74) is 0.672. The average Bonchev–Trinajstić information content (AvgIpc) is 3.22. The number of rotatable bonds is 3. The molecule has 3 rings (SSSR count). The minimum absolute atomic E-state index is 0.000234. The van der Waals surface area contributed by atoms with Crippen molar-refractivity contribution in [1.29, 1.82) is 0 Å². The molecular formula is C15H12F3N. The lowest BCUT2D eigenvalue weighted by Crippen LogP contribution is -2.19. The van der Waals surface area contributed by atoms with Crippen molar-refractivity contribution in [3.63, 3.8) is 0 Å². The molecule has 1 nitrogen and oxygen atoms in total. The number of benzene rings is 2. The Balaban J connectivity index is 1.92. The smallest absolute Gasteiger partial charge is 0.196 e. The minimum atomic E-state index is -1.44. The van der Waals surface area contributed by atoms with Gasteiger partial charge in [0.1, 0.15) is 0 Å². The number of hydrogen-bond acceptors (Lipinski definition) is 1. The first-order valence-electron chi connectivity index (χ1n) is 6.10. The van der Waals surface area contributed by atoms with Crippen LogP contribution < -0.4 is 5.32 Å². The second-order valence-electron chi connectivity index (χ2n) is 4.80. The predicted octanol–water partition coefficient (Wildman–Crippen LogP) is 4.21. The van der Waals surface area contributed by atoms with E-state index in [1.807, 2.05) is 30.3 Å². The van der Waals surface area contributed by atoms with E-state index in [1.54, 1.807) is 0 Å². The molecule has 2 aromatic rings. The molecule has 1 N–H and O–H groups in total. The molecular weight excluding hydrogens is 251 g/mol. The first kappa shape index (κ1) is 12.1. The Labute approximate surface area is 109 Å². The van der Waals surface area contributed by atoms with Crippen LogP contribution in [0.3, 0.4) is 0 Å². The van der Waals surface area contributed by atoms with Crippen LogP contribution in [0, 0.1) is 17.5 Å². The molecule has 0 bridgehead atoms. The van der Waals surface area contributed by atoms with Crippen LogP contribution in [0.5, 0.6) is 0 Å². The van der Waals surface area contributed by atoms with Crippen molar-refractivity contribution in [2.24, 2.45) is 0 Å². The van der Waals surface area contributed by atoms with Crippen LogP contribution in [0.25, 0.3) is 0 Å². The van der Waals surface area contributed by atoms with E-state index >= 15 is 0 Å². The molecule has 1 fully saturated rings. The first-order valence-corrected chi connectivity index (χ1v) is 6.10. The van der Waals surface area contributed by atoms with Crippen molar-refractivity contribution in [1.82, 2.24) is 0 Å². The maximum atomic E-state index is 13.7. The van der Waals surface area contributed by atoms with E-state index < -0.39 is 17.5 Å². The van der Waals surface area contributed by atoms with Gasteiger partial charge in [0.15, 0.2) is 17.5 Å². The molecule has 0 aliphatic heterocycles. The van der Waals surface area contributed by atoms with E-state index in [0.717, 1.165) is 24.5 Å². The zero-order valence-corrected chi connectivity index (χ0v) is 10.1. The molecule has 0 aromatic heterocycles. The number of nitrogens with one attached hydrogen (secondary N) is 1. The third-order valence-electron chi connectivity index (χ3n) is 3.49. The van der Waals surface area contributed by atoms with Gasteiger partial charge in [0.25, 0.3) is 0 Å². The van der Waals surface area contributed by atoms with Gasteiger partial charge in [0.05, 0.1) is 11.2 Å². The summed E-state index contributed by atoms with van der Waals surface area (Å²) >= 11 is 0. The van der Waals surface area contributed by atoms with Crippen molar-refractivity contribution < 1.29 is 13.2 Å². The fourth-order valence-corrected chi connectivity index (χ4v) is 2.25.